The van der Waals surface area contributed by atoms with Crippen molar-refractivity contribution in [3.63, 3.8) is 0 Å². The predicted molar refractivity (Wildman–Crippen MR) is 93.9 cm³/mol. The van der Waals surface area contributed by atoms with Crippen LogP contribution in [-0.2, 0) is 4.79 Å². The molecule has 2 rings (SSSR count). The van der Waals surface area contributed by atoms with Crippen LogP contribution >= 0.6 is 11.0 Å². The minimum absolute atomic E-state index is 0.0573. The van der Waals surface area contributed by atoms with Gasteiger partial charge in [-0.1, -0.05) is 35.6 Å². The third-order valence-electron chi connectivity index (χ3n) is 3.27. The molecule has 23 heavy (non-hydrogen) atoms. The summed E-state index contributed by atoms with van der Waals surface area (Å²) in [5.41, 5.74) is 1.58. The Kier molecular flexibility index (Phi) is 6.31. The van der Waals surface area contributed by atoms with Gasteiger partial charge in [0.25, 0.3) is 0 Å². The molecule has 126 valence electrons. The monoisotopic (exact) mass is 338 g/mol. The minimum atomic E-state index is -3.12. The zero-order valence-electron chi connectivity index (χ0n) is 12.7. The Morgan fingerprint density at radius 1 is 1.22 bits per heavy atom. The minimum Gasteiger partial charge on any atom is -0.325 e. The number of rotatable bonds is 8. The second kappa shape index (κ2) is 8.23. The fourth-order valence-corrected chi connectivity index (χ4v) is 2.62. The van der Waals surface area contributed by atoms with E-state index in [-0.39, 0.29) is 5.91 Å². The van der Waals surface area contributed by atoms with Crippen LogP contribution < -0.4 is 15.2 Å². The number of benzene rings is 1. The van der Waals surface area contributed by atoms with Crippen molar-refractivity contribution in [2.75, 3.05) is 11.9 Å². The summed E-state index contributed by atoms with van der Waals surface area (Å²) < 4.78 is 20.3. The smallest absolute Gasteiger partial charge is 0.224 e. The van der Waals surface area contributed by atoms with Crippen molar-refractivity contribution in [1.29, 1.82) is 0 Å². The van der Waals surface area contributed by atoms with Crippen LogP contribution in [0.15, 0.2) is 36.5 Å². The summed E-state index contributed by atoms with van der Waals surface area (Å²) in [5, 5.41) is 8.86. The maximum Gasteiger partial charge on any atom is 0.224 e. The van der Waals surface area contributed by atoms with Crippen LogP contribution in [0.1, 0.15) is 25.7 Å². The highest BCUT2D eigenvalue weighted by Gasteiger charge is 2.05. The second-order valence-electron chi connectivity index (χ2n) is 5.26. The first-order valence-corrected chi connectivity index (χ1v) is 9.00. The molecule has 1 aromatic heterocycles. The lowest BCUT2D eigenvalue weighted by atomic mass is 10.2. The SMILES string of the molecule is NS(O)(O)NCCCCCC(=O)Nc1cnc2ccccc2c1. The van der Waals surface area contributed by atoms with Gasteiger partial charge in [-0.15, -0.1) is 0 Å². The van der Waals surface area contributed by atoms with Gasteiger partial charge in [0, 0.05) is 18.4 Å². The van der Waals surface area contributed by atoms with Crippen LogP contribution in [0.3, 0.4) is 0 Å². The summed E-state index contributed by atoms with van der Waals surface area (Å²) in [6.07, 6.45) is 4.30. The quantitative estimate of drug-likeness (QED) is 0.472. The van der Waals surface area contributed by atoms with Crippen molar-refractivity contribution in [1.82, 2.24) is 9.71 Å². The number of fused-ring (bicyclic) bond motifs is 1. The number of carbonyl (C=O) groups excluding carboxylic acids is 1. The fraction of sp³-hybridized carbons (Fsp3) is 0.333. The second-order valence-corrected chi connectivity index (χ2v) is 6.74. The number of hydrogen-bond donors (Lipinski definition) is 5. The number of amides is 1. The van der Waals surface area contributed by atoms with Gasteiger partial charge in [0.15, 0.2) is 0 Å². The molecule has 1 heterocycles. The zero-order chi connectivity index (χ0) is 16.7. The largest absolute Gasteiger partial charge is 0.325 e. The summed E-state index contributed by atoms with van der Waals surface area (Å²) >= 11 is 0. The van der Waals surface area contributed by atoms with E-state index in [1.165, 1.54) is 0 Å². The highest BCUT2D eigenvalue weighted by atomic mass is 32.3. The Morgan fingerprint density at radius 3 is 2.78 bits per heavy atom. The van der Waals surface area contributed by atoms with Gasteiger partial charge in [-0.05, 0) is 25.0 Å². The van der Waals surface area contributed by atoms with Gasteiger partial charge in [-0.2, -0.15) is 0 Å². The van der Waals surface area contributed by atoms with E-state index in [9.17, 15) is 4.79 Å². The topological polar surface area (TPSA) is 121 Å². The van der Waals surface area contributed by atoms with Crippen LogP contribution in [0.2, 0.25) is 0 Å². The zero-order valence-corrected chi connectivity index (χ0v) is 13.6. The first kappa shape index (κ1) is 17.6. The van der Waals surface area contributed by atoms with E-state index in [2.05, 4.69) is 15.0 Å². The lowest BCUT2D eigenvalue weighted by Gasteiger charge is -2.26. The average Bonchev–Trinajstić information content (AvgIpc) is 2.49. The molecule has 0 spiro atoms. The molecule has 0 aliphatic rings. The van der Waals surface area contributed by atoms with E-state index in [1.807, 2.05) is 30.3 Å². The third-order valence-corrected chi connectivity index (χ3v) is 3.90. The normalized spacial score (nSPS) is 12.3. The lowest BCUT2D eigenvalue weighted by Crippen LogP contribution is -2.27. The van der Waals surface area contributed by atoms with Gasteiger partial charge < -0.3 is 5.32 Å². The molecule has 2 aromatic rings. The first-order valence-electron chi connectivity index (χ1n) is 7.39. The molecule has 0 saturated carbocycles. The Balaban J connectivity index is 1.70. The van der Waals surface area contributed by atoms with Gasteiger partial charge in [-0.25, -0.2) is 9.86 Å². The van der Waals surface area contributed by atoms with Crippen molar-refractivity contribution in [2.45, 2.75) is 25.7 Å². The molecule has 0 radical (unpaired) electrons. The van der Waals surface area contributed by atoms with Gasteiger partial charge in [0.1, 0.15) is 0 Å². The molecule has 6 N–H and O–H groups in total. The van der Waals surface area contributed by atoms with Crippen LogP contribution in [0.4, 0.5) is 5.69 Å². The van der Waals surface area contributed by atoms with Crippen LogP contribution in [0.5, 0.6) is 0 Å². The van der Waals surface area contributed by atoms with E-state index >= 15 is 0 Å². The molecular weight excluding hydrogens is 316 g/mol. The van der Waals surface area contributed by atoms with E-state index in [0.29, 0.717) is 18.7 Å². The number of hydrogen-bond acceptors (Lipinski definition) is 6. The maximum atomic E-state index is 11.9. The highest BCUT2D eigenvalue weighted by molar-refractivity contribution is 8.20. The molecule has 0 bridgehead atoms. The van der Waals surface area contributed by atoms with Crippen LogP contribution in [0, 0.1) is 0 Å². The van der Waals surface area contributed by atoms with Crippen molar-refractivity contribution in [3.05, 3.63) is 36.5 Å². The molecule has 8 heteroatoms. The summed E-state index contributed by atoms with van der Waals surface area (Å²) in [5.74, 6) is -0.0573. The highest BCUT2D eigenvalue weighted by Crippen LogP contribution is 2.21. The van der Waals surface area contributed by atoms with Crippen LogP contribution in [-0.4, -0.2) is 26.5 Å². The molecule has 0 atom stereocenters. The maximum absolute atomic E-state index is 11.9. The number of carbonyl (C=O) groups is 1. The Morgan fingerprint density at radius 2 is 2.00 bits per heavy atom. The number of pyridine rings is 1. The third kappa shape index (κ3) is 6.51. The van der Waals surface area contributed by atoms with Crippen LogP contribution in [0.25, 0.3) is 10.9 Å². The molecule has 0 fully saturated rings. The molecule has 0 aliphatic heterocycles. The van der Waals surface area contributed by atoms with Crippen molar-refractivity contribution < 1.29 is 13.9 Å². The summed E-state index contributed by atoms with van der Waals surface area (Å²) in [4.78, 5) is 16.2. The van der Waals surface area contributed by atoms with E-state index in [1.54, 1.807) is 6.20 Å². The van der Waals surface area contributed by atoms with Crippen molar-refractivity contribution >= 4 is 33.5 Å². The van der Waals surface area contributed by atoms with Crippen molar-refractivity contribution in [3.8, 4) is 0 Å². The number of aromatic nitrogens is 1. The summed E-state index contributed by atoms with van der Waals surface area (Å²) in [6, 6.07) is 9.63. The number of para-hydroxylation sites is 1. The Hall–Kier alpha value is -1.71. The predicted octanol–water partition coefficient (Wildman–Crippen LogP) is 2.86. The number of anilines is 1. The lowest BCUT2D eigenvalue weighted by molar-refractivity contribution is -0.116. The van der Waals surface area contributed by atoms with Gasteiger partial charge in [0.2, 0.25) is 5.91 Å². The molecule has 1 amide bonds. The number of nitrogens with zero attached hydrogens (tertiary/aromatic N) is 1. The molecule has 0 saturated heterocycles. The number of nitrogens with two attached hydrogens (primary N) is 1. The summed E-state index contributed by atoms with van der Waals surface area (Å²) in [7, 11) is -3.12. The summed E-state index contributed by atoms with van der Waals surface area (Å²) in [6.45, 7) is 0.412. The number of unbranched alkanes of at least 4 members (excludes halogenated alkanes) is 2. The van der Waals surface area contributed by atoms with Crippen molar-refractivity contribution in [2.24, 2.45) is 5.14 Å². The molecule has 1 aromatic carbocycles. The average molecular weight is 338 g/mol. The van der Waals surface area contributed by atoms with E-state index in [4.69, 9.17) is 14.2 Å². The van der Waals surface area contributed by atoms with Gasteiger partial charge in [-0.3, -0.25) is 18.9 Å². The standard InChI is InChI=1S/C15H22N4O3S/c16-23(21,22)18-9-5-1-2-8-15(20)19-13-10-12-6-3-4-7-14(12)17-11-13/h3-4,6-7,10-11,18,21-22H,1-2,5,8-9,16H2,(H,19,20). The fourth-order valence-electron chi connectivity index (χ4n) is 2.17. The Labute approximate surface area is 136 Å². The van der Waals surface area contributed by atoms with E-state index in [0.717, 1.165) is 30.2 Å². The number of nitrogens with one attached hydrogen (secondary N) is 2. The molecule has 0 aliphatic carbocycles. The first-order chi connectivity index (χ1) is 10.9. The molecular formula is C15H22N4O3S. The van der Waals surface area contributed by atoms with E-state index < -0.39 is 11.0 Å². The molecule has 7 nitrogen and oxygen atoms in total. The van der Waals surface area contributed by atoms with Gasteiger partial charge >= 0.3 is 0 Å². The van der Waals surface area contributed by atoms with Gasteiger partial charge in [0.05, 0.1) is 17.4 Å². The molecule has 0 unspecified atom stereocenters. The Bertz CT molecular complexity index is 660.